The number of hydrogen-bond donors (Lipinski definition) is 1. The standard InChI is InChI=1S/C13H29N3/c1-5-16(6-2)13-8-10-15(11-13)9-7-12(3)14-4/h12-14H,5-11H2,1-4H3. The van der Waals surface area contributed by atoms with Crippen LogP contribution in [0.15, 0.2) is 0 Å². The van der Waals surface area contributed by atoms with Gasteiger partial charge >= 0.3 is 0 Å². The highest BCUT2D eigenvalue weighted by Crippen LogP contribution is 2.15. The average molecular weight is 227 g/mol. The lowest BCUT2D eigenvalue weighted by atomic mass is 10.2. The Kier molecular flexibility index (Phi) is 6.32. The van der Waals surface area contributed by atoms with Gasteiger partial charge in [0.15, 0.2) is 0 Å². The van der Waals surface area contributed by atoms with Crippen LogP contribution >= 0.6 is 0 Å². The first-order valence-corrected chi connectivity index (χ1v) is 6.84. The number of rotatable bonds is 7. The number of hydrogen-bond acceptors (Lipinski definition) is 3. The van der Waals surface area contributed by atoms with Crippen molar-refractivity contribution in [3.8, 4) is 0 Å². The molecule has 1 aliphatic heterocycles. The van der Waals surface area contributed by atoms with Crippen LogP contribution in [0.4, 0.5) is 0 Å². The highest BCUT2D eigenvalue weighted by Gasteiger charge is 2.25. The molecule has 3 nitrogen and oxygen atoms in total. The summed E-state index contributed by atoms with van der Waals surface area (Å²) in [5.74, 6) is 0. The average Bonchev–Trinajstić information content (AvgIpc) is 2.76. The van der Waals surface area contributed by atoms with E-state index in [0.717, 1.165) is 6.04 Å². The summed E-state index contributed by atoms with van der Waals surface area (Å²) in [5.41, 5.74) is 0. The van der Waals surface area contributed by atoms with E-state index in [0.29, 0.717) is 6.04 Å². The second-order valence-electron chi connectivity index (χ2n) is 4.94. The predicted octanol–water partition coefficient (Wildman–Crippen LogP) is 1.40. The molecule has 1 rings (SSSR count). The maximum absolute atomic E-state index is 3.31. The summed E-state index contributed by atoms with van der Waals surface area (Å²) >= 11 is 0. The molecular weight excluding hydrogens is 198 g/mol. The molecule has 0 saturated carbocycles. The molecule has 0 spiro atoms. The van der Waals surface area contributed by atoms with Crippen LogP contribution in [-0.4, -0.2) is 61.7 Å². The minimum Gasteiger partial charge on any atom is -0.317 e. The molecule has 2 unspecified atom stereocenters. The fraction of sp³-hybridized carbons (Fsp3) is 1.00. The third-order valence-corrected chi connectivity index (χ3v) is 3.95. The summed E-state index contributed by atoms with van der Waals surface area (Å²) in [6, 6.07) is 1.45. The first-order valence-electron chi connectivity index (χ1n) is 6.84. The number of nitrogens with zero attached hydrogens (tertiary/aromatic N) is 2. The lowest BCUT2D eigenvalue weighted by Gasteiger charge is -2.26. The van der Waals surface area contributed by atoms with E-state index in [9.17, 15) is 0 Å². The van der Waals surface area contributed by atoms with Crippen LogP contribution in [0.3, 0.4) is 0 Å². The van der Waals surface area contributed by atoms with E-state index >= 15 is 0 Å². The van der Waals surface area contributed by atoms with Crippen molar-refractivity contribution in [2.75, 3.05) is 39.8 Å². The Balaban J connectivity index is 2.24. The fourth-order valence-corrected chi connectivity index (χ4v) is 2.57. The van der Waals surface area contributed by atoms with Crippen LogP contribution < -0.4 is 5.32 Å². The Bertz CT molecular complexity index is 180. The summed E-state index contributed by atoms with van der Waals surface area (Å²) in [5, 5.41) is 3.31. The topological polar surface area (TPSA) is 18.5 Å². The Labute approximate surface area is 101 Å². The van der Waals surface area contributed by atoms with Gasteiger partial charge in [-0.15, -0.1) is 0 Å². The summed E-state index contributed by atoms with van der Waals surface area (Å²) in [7, 11) is 2.05. The minimum atomic E-state index is 0.646. The first kappa shape index (κ1) is 13.9. The summed E-state index contributed by atoms with van der Waals surface area (Å²) in [6.07, 6.45) is 2.62. The zero-order chi connectivity index (χ0) is 12.0. The van der Waals surface area contributed by atoms with E-state index in [-0.39, 0.29) is 0 Å². The molecule has 1 saturated heterocycles. The normalized spacial score (nSPS) is 24.2. The van der Waals surface area contributed by atoms with Gasteiger partial charge in [-0.25, -0.2) is 0 Å². The lowest BCUT2D eigenvalue weighted by Crippen LogP contribution is -2.38. The Hall–Kier alpha value is -0.120. The Morgan fingerprint density at radius 3 is 2.62 bits per heavy atom. The predicted molar refractivity (Wildman–Crippen MR) is 70.9 cm³/mol. The van der Waals surface area contributed by atoms with Gasteiger partial charge in [-0.05, 0) is 53.0 Å². The van der Waals surface area contributed by atoms with Crippen LogP contribution in [0.25, 0.3) is 0 Å². The third kappa shape index (κ3) is 4.04. The number of nitrogens with one attached hydrogen (secondary N) is 1. The maximum Gasteiger partial charge on any atom is 0.0235 e. The van der Waals surface area contributed by atoms with Gasteiger partial charge in [-0.2, -0.15) is 0 Å². The minimum absolute atomic E-state index is 0.646. The van der Waals surface area contributed by atoms with E-state index in [1.54, 1.807) is 0 Å². The van der Waals surface area contributed by atoms with Crippen LogP contribution in [-0.2, 0) is 0 Å². The van der Waals surface area contributed by atoms with Crippen molar-refractivity contribution >= 4 is 0 Å². The van der Waals surface area contributed by atoms with Crippen molar-refractivity contribution in [1.29, 1.82) is 0 Å². The lowest BCUT2D eigenvalue weighted by molar-refractivity contribution is 0.209. The van der Waals surface area contributed by atoms with Crippen molar-refractivity contribution < 1.29 is 0 Å². The van der Waals surface area contributed by atoms with Gasteiger partial charge in [0.1, 0.15) is 0 Å². The molecule has 2 atom stereocenters. The van der Waals surface area contributed by atoms with Gasteiger partial charge in [-0.1, -0.05) is 13.8 Å². The molecule has 0 radical (unpaired) electrons. The van der Waals surface area contributed by atoms with Gasteiger partial charge < -0.3 is 10.2 Å². The Morgan fingerprint density at radius 2 is 2.06 bits per heavy atom. The van der Waals surface area contributed by atoms with Gasteiger partial charge in [0.05, 0.1) is 0 Å². The smallest absolute Gasteiger partial charge is 0.0235 e. The third-order valence-electron chi connectivity index (χ3n) is 3.95. The molecule has 0 aromatic carbocycles. The fourth-order valence-electron chi connectivity index (χ4n) is 2.57. The van der Waals surface area contributed by atoms with Crippen molar-refractivity contribution in [2.24, 2.45) is 0 Å². The van der Waals surface area contributed by atoms with Crippen molar-refractivity contribution in [1.82, 2.24) is 15.1 Å². The molecule has 0 aromatic heterocycles. The summed E-state index contributed by atoms with van der Waals surface area (Å²) in [4.78, 5) is 5.22. The molecule has 1 fully saturated rings. The van der Waals surface area contributed by atoms with E-state index in [4.69, 9.17) is 0 Å². The van der Waals surface area contributed by atoms with E-state index in [1.807, 2.05) is 7.05 Å². The quantitative estimate of drug-likeness (QED) is 0.709. The van der Waals surface area contributed by atoms with Gasteiger partial charge in [0.25, 0.3) is 0 Å². The second kappa shape index (κ2) is 7.25. The summed E-state index contributed by atoms with van der Waals surface area (Å²) < 4.78 is 0. The highest BCUT2D eigenvalue weighted by molar-refractivity contribution is 4.83. The molecular formula is C13H29N3. The SMILES string of the molecule is CCN(CC)C1CCN(CCC(C)NC)C1. The van der Waals surface area contributed by atoms with Crippen molar-refractivity contribution in [3.63, 3.8) is 0 Å². The zero-order valence-electron chi connectivity index (χ0n) is 11.5. The molecule has 16 heavy (non-hydrogen) atoms. The van der Waals surface area contributed by atoms with Crippen molar-refractivity contribution in [3.05, 3.63) is 0 Å². The molecule has 0 aromatic rings. The highest BCUT2D eigenvalue weighted by atomic mass is 15.2. The molecule has 1 aliphatic rings. The molecule has 0 bridgehead atoms. The van der Waals surface area contributed by atoms with Crippen LogP contribution in [0.2, 0.25) is 0 Å². The molecule has 96 valence electrons. The largest absolute Gasteiger partial charge is 0.317 e. The molecule has 1 N–H and O–H groups in total. The van der Waals surface area contributed by atoms with Gasteiger partial charge in [-0.3, -0.25) is 4.90 Å². The van der Waals surface area contributed by atoms with E-state index in [2.05, 4.69) is 35.9 Å². The molecule has 1 heterocycles. The van der Waals surface area contributed by atoms with Gasteiger partial charge in [0, 0.05) is 18.6 Å². The number of likely N-dealkylation sites (N-methyl/N-ethyl adjacent to an activating group) is 1. The number of likely N-dealkylation sites (tertiary alicyclic amines) is 1. The van der Waals surface area contributed by atoms with Crippen molar-refractivity contribution in [2.45, 2.75) is 45.7 Å². The maximum atomic E-state index is 3.31. The van der Waals surface area contributed by atoms with E-state index in [1.165, 1.54) is 45.6 Å². The second-order valence-corrected chi connectivity index (χ2v) is 4.94. The van der Waals surface area contributed by atoms with E-state index < -0.39 is 0 Å². The molecule has 0 amide bonds. The monoisotopic (exact) mass is 227 g/mol. The first-order chi connectivity index (χ1) is 7.71. The van der Waals surface area contributed by atoms with Crippen LogP contribution in [0.1, 0.15) is 33.6 Å². The molecule has 0 aliphatic carbocycles. The van der Waals surface area contributed by atoms with Crippen LogP contribution in [0.5, 0.6) is 0 Å². The summed E-state index contributed by atoms with van der Waals surface area (Å²) in [6.45, 7) is 13.0. The molecule has 3 heteroatoms. The van der Waals surface area contributed by atoms with Crippen LogP contribution in [0, 0.1) is 0 Å². The zero-order valence-corrected chi connectivity index (χ0v) is 11.5. The van der Waals surface area contributed by atoms with Gasteiger partial charge in [0.2, 0.25) is 0 Å². The Morgan fingerprint density at radius 1 is 1.38 bits per heavy atom.